The van der Waals surface area contributed by atoms with Gasteiger partial charge in [0.25, 0.3) is 5.91 Å². The molecular weight excluding hydrogens is 467 g/mol. The number of aliphatic hydroxyl groups is 1. The van der Waals surface area contributed by atoms with Gasteiger partial charge < -0.3 is 9.84 Å². The third kappa shape index (κ3) is 5.14. The molecule has 0 saturated carbocycles. The fourth-order valence-corrected chi connectivity index (χ4v) is 5.73. The van der Waals surface area contributed by atoms with Crippen molar-refractivity contribution in [3.63, 3.8) is 0 Å². The molecule has 0 spiro atoms. The smallest absolute Gasteiger partial charge is 0.264 e. The molecule has 1 heterocycles. The van der Waals surface area contributed by atoms with Crippen LogP contribution in [0, 0.1) is 0 Å². The van der Waals surface area contributed by atoms with Gasteiger partial charge in [-0.1, -0.05) is 29.3 Å². The molecule has 2 atom stereocenters. The van der Waals surface area contributed by atoms with Crippen molar-refractivity contribution < 1.29 is 28.3 Å². The number of piperidine rings is 1. The predicted molar refractivity (Wildman–Crippen MR) is 115 cm³/mol. The Morgan fingerprint density at radius 3 is 2.55 bits per heavy atom. The topological polar surface area (TPSA) is 116 Å². The van der Waals surface area contributed by atoms with E-state index < -0.39 is 27.6 Å². The maximum absolute atomic E-state index is 13.2. The van der Waals surface area contributed by atoms with Gasteiger partial charge in [0.05, 0.1) is 10.5 Å². The molecule has 2 aromatic rings. The number of sulfonamides is 1. The molecule has 0 aliphatic carbocycles. The molecule has 0 radical (unpaired) electrons. The lowest BCUT2D eigenvalue weighted by Crippen LogP contribution is -2.62. The van der Waals surface area contributed by atoms with Gasteiger partial charge in [0.1, 0.15) is 18.4 Å². The number of rotatable bonds is 6. The quantitative estimate of drug-likeness (QED) is 0.425. The monoisotopic (exact) mass is 488 g/mol. The second-order valence-corrected chi connectivity index (χ2v) is 10.2. The number of amides is 1. The van der Waals surface area contributed by atoms with Crippen molar-refractivity contribution in [3.05, 3.63) is 58.1 Å². The number of carbonyl (C=O) groups excluding carboxylic acids is 1. The Bertz CT molecular complexity index is 1060. The molecule has 8 nitrogen and oxygen atoms in total. The van der Waals surface area contributed by atoms with Crippen LogP contribution in [0.4, 0.5) is 0 Å². The van der Waals surface area contributed by atoms with Gasteiger partial charge in [-0.15, -0.1) is 0 Å². The summed E-state index contributed by atoms with van der Waals surface area (Å²) < 4.78 is 32.9. The van der Waals surface area contributed by atoms with Crippen molar-refractivity contribution in [1.29, 1.82) is 0 Å². The Kier molecular flexibility index (Phi) is 7.14. The number of benzene rings is 2. The Morgan fingerprint density at radius 2 is 1.94 bits per heavy atom. The number of halogens is 2. The van der Waals surface area contributed by atoms with E-state index >= 15 is 0 Å². The van der Waals surface area contributed by atoms with E-state index in [4.69, 9.17) is 33.1 Å². The maximum atomic E-state index is 13.2. The number of nitrogens with one attached hydrogen (secondary N) is 1. The molecule has 2 aromatic carbocycles. The summed E-state index contributed by atoms with van der Waals surface area (Å²) in [5, 5.41) is 20.6. The van der Waals surface area contributed by atoms with Crippen LogP contribution in [0.2, 0.25) is 10.0 Å². The normalized spacial score (nSPS) is 22.2. The average molecular weight is 489 g/mol. The first-order chi connectivity index (χ1) is 14.6. The zero-order valence-electron chi connectivity index (χ0n) is 16.6. The molecule has 1 saturated heterocycles. The number of nitrogens with zero attached hydrogens (tertiary/aromatic N) is 1. The highest BCUT2D eigenvalue weighted by molar-refractivity contribution is 7.89. The zero-order chi connectivity index (χ0) is 22.8. The molecule has 1 aliphatic rings. The van der Waals surface area contributed by atoms with Crippen molar-refractivity contribution in [1.82, 2.24) is 9.79 Å². The van der Waals surface area contributed by atoms with Crippen LogP contribution >= 0.6 is 23.2 Å². The summed E-state index contributed by atoms with van der Waals surface area (Å²) in [4.78, 5) is 12.1. The lowest BCUT2D eigenvalue weighted by Gasteiger charge is -2.42. The second kappa shape index (κ2) is 9.32. The third-order valence-electron chi connectivity index (χ3n) is 5.14. The Labute approximate surface area is 190 Å². The van der Waals surface area contributed by atoms with E-state index in [1.807, 2.05) is 0 Å². The van der Waals surface area contributed by atoms with Gasteiger partial charge in [-0.2, -0.15) is 4.31 Å². The van der Waals surface area contributed by atoms with Crippen LogP contribution in [0.3, 0.4) is 0 Å². The van der Waals surface area contributed by atoms with Gasteiger partial charge in [0.15, 0.2) is 0 Å². The summed E-state index contributed by atoms with van der Waals surface area (Å²) in [6.07, 6.45) is 0.585. The molecule has 1 aliphatic heterocycles. The van der Waals surface area contributed by atoms with Gasteiger partial charge >= 0.3 is 0 Å². The molecule has 0 bridgehead atoms. The molecule has 0 aromatic heterocycles. The standard InChI is InChI=1S/C20H22Cl2N2O6S/c1-20(26)9-2-10-24(18(20)19(25)23-27)31(28,29)16-7-5-15(6-8-16)30-12-13-3-4-14(21)11-17(13)22/h3-8,11,18,26-27H,2,9-10,12H2,1H3,(H,23,25)/t18-,20+/m0/s1. The number of hydrogen-bond donors (Lipinski definition) is 3. The van der Waals surface area contributed by atoms with Gasteiger partial charge in [-0.25, -0.2) is 13.9 Å². The van der Waals surface area contributed by atoms with Crippen molar-refractivity contribution in [3.8, 4) is 5.75 Å². The molecule has 1 fully saturated rings. The van der Waals surface area contributed by atoms with Crippen molar-refractivity contribution in [2.45, 2.75) is 42.9 Å². The molecule has 1 amide bonds. The van der Waals surface area contributed by atoms with E-state index in [1.54, 1.807) is 18.2 Å². The second-order valence-electron chi connectivity index (χ2n) is 7.45. The molecular formula is C20H22Cl2N2O6S. The Balaban J connectivity index is 1.79. The van der Waals surface area contributed by atoms with Crippen LogP contribution in [-0.4, -0.2) is 47.1 Å². The highest BCUT2D eigenvalue weighted by Crippen LogP contribution is 2.33. The first kappa shape index (κ1) is 23.8. The summed E-state index contributed by atoms with van der Waals surface area (Å²) >= 11 is 12.0. The molecule has 0 unspecified atom stereocenters. The van der Waals surface area contributed by atoms with Crippen molar-refractivity contribution in [2.24, 2.45) is 0 Å². The van der Waals surface area contributed by atoms with E-state index in [1.165, 1.54) is 36.7 Å². The number of hydrogen-bond acceptors (Lipinski definition) is 6. The zero-order valence-corrected chi connectivity index (χ0v) is 18.9. The fourth-order valence-electron chi connectivity index (χ4n) is 3.55. The number of carbonyl (C=O) groups is 1. The van der Waals surface area contributed by atoms with Gasteiger partial charge in [-0.3, -0.25) is 10.0 Å². The van der Waals surface area contributed by atoms with E-state index in [9.17, 15) is 18.3 Å². The largest absolute Gasteiger partial charge is 0.489 e. The van der Waals surface area contributed by atoms with Gasteiger partial charge in [-0.05, 0) is 56.2 Å². The summed E-state index contributed by atoms with van der Waals surface area (Å²) in [6, 6.07) is 9.24. The Hall–Kier alpha value is -1.88. The van der Waals surface area contributed by atoms with Gasteiger partial charge in [0, 0.05) is 22.2 Å². The molecule has 31 heavy (non-hydrogen) atoms. The molecule has 168 valence electrons. The highest BCUT2D eigenvalue weighted by atomic mass is 35.5. The summed E-state index contributed by atoms with van der Waals surface area (Å²) in [5.74, 6) is -0.576. The van der Waals surface area contributed by atoms with Crippen LogP contribution in [0.1, 0.15) is 25.3 Å². The third-order valence-corrected chi connectivity index (χ3v) is 7.60. The van der Waals surface area contributed by atoms with E-state index in [-0.39, 0.29) is 24.5 Å². The first-order valence-corrected chi connectivity index (χ1v) is 11.6. The maximum Gasteiger partial charge on any atom is 0.264 e. The lowest BCUT2D eigenvalue weighted by atomic mass is 9.87. The molecule has 11 heteroatoms. The van der Waals surface area contributed by atoms with Crippen LogP contribution in [0.25, 0.3) is 0 Å². The average Bonchev–Trinajstić information content (AvgIpc) is 2.72. The summed E-state index contributed by atoms with van der Waals surface area (Å²) in [5.41, 5.74) is 0.542. The number of hydroxylamine groups is 1. The van der Waals surface area contributed by atoms with Crippen molar-refractivity contribution >= 4 is 39.1 Å². The Morgan fingerprint density at radius 1 is 1.26 bits per heavy atom. The lowest BCUT2D eigenvalue weighted by molar-refractivity contribution is -0.144. The minimum atomic E-state index is -4.12. The molecule has 3 N–H and O–H groups in total. The fraction of sp³-hybridized carbons (Fsp3) is 0.350. The van der Waals surface area contributed by atoms with Crippen LogP contribution in [0.5, 0.6) is 5.75 Å². The van der Waals surface area contributed by atoms with E-state index in [0.29, 0.717) is 22.2 Å². The first-order valence-electron chi connectivity index (χ1n) is 9.41. The summed E-state index contributed by atoms with van der Waals surface area (Å²) in [7, 11) is -4.12. The predicted octanol–water partition coefficient (Wildman–Crippen LogP) is 2.98. The van der Waals surface area contributed by atoms with Crippen LogP contribution < -0.4 is 10.2 Å². The van der Waals surface area contributed by atoms with E-state index in [0.717, 1.165) is 9.87 Å². The van der Waals surface area contributed by atoms with E-state index in [2.05, 4.69) is 0 Å². The molecule has 3 rings (SSSR count). The summed E-state index contributed by atoms with van der Waals surface area (Å²) in [6.45, 7) is 1.56. The van der Waals surface area contributed by atoms with Crippen molar-refractivity contribution in [2.75, 3.05) is 6.54 Å². The van der Waals surface area contributed by atoms with Crippen LogP contribution in [-0.2, 0) is 21.4 Å². The highest BCUT2D eigenvalue weighted by Gasteiger charge is 2.49. The van der Waals surface area contributed by atoms with Gasteiger partial charge in [0.2, 0.25) is 10.0 Å². The SMILES string of the molecule is C[C@@]1(O)CCCN(S(=O)(=O)c2ccc(OCc3ccc(Cl)cc3Cl)cc2)[C@H]1C(=O)NO. The minimum Gasteiger partial charge on any atom is -0.489 e. The minimum absolute atomic E-state index is 0.0316. The van der Waals surface area contributed by atoms with Crippen LogP contribution in [0.15, 0.2) is 47.4 Å². The number of ether oxygens (including phenoxy) is 1.